The van der Waals surface area contributed by atoms with Gasteiger partial charge >= 0.3 is 0 Å². The molecule has 1 fully saturated rings. The summed E-state index contributed by atoms with van der Waals surface area (Å²) < 4.78 is 2.14. The van der Waals surface area contributed by atoms with Gasteiger partial charge in [-0.25, -0.2) is 0 Å². The number of hydrogen-bond acceptors (Lipinski definition) is 2. The summed E-state index contributed by atoms with van der Waals surface area (Å²) in [6.45, 7) is 4.16. The van der Waals surface area contributed by atoms with Crippen molar-refractivity contribution in [1.29, 1.82) is 0 Å². The number of benzene rings is 2. The lowest BCUT2D eigenvalue weighted by atomic mass is 9.96. The highest BCUT2D eigenvalue weighted by Crippen LogP contribution is 2.44. The second-order valence-corrected chi connectivity index (χ2v) is 9.82. The number of pyridine rings is 1. The lowest BCUT2D eigenvalue weighted by Gasteiger charge is -2.28. The molecule has 0 unspecified atom stereocenters. The monoisotopic (exact) mass is 526 g/mol. The van der Waals surface area contributed by atoms with Crippen LogP contribution in [-0.4, -0.2) is 14.7 Å². The van der Waals surface area contributed by atoms with Gasteiger partial charge in [0, 0.05) is 28.3 Å². The standard InChI is InChI=1S/C26H21Cl3N4S/c1-15-14-19(16(2)32(15)22-8-5-6-20(28)23(22)29)25-24(21-7-3-4-13-30-21)31-26(34)33(25)18-11-9-17(27)10-12-18/h3-14,24-25H,1-2H3,(H,31,34)/t24-,25-/m1/s1. The molecule has 0 bridgehead atoms. The highest BCUT2D eigenvalue weighted by atomic mass is 35.5. The molecular formula is C26H21Cl3N4S. The van der Waals surface area contributed by atoms with Crippen LogP contribution in [0.1, 0.15) is 34.7 Å². The Hall–Kier alpha value is -2.57. The van der Waals surface area contributed by atoms with Gasteiger partial charge in [-0.05, 0) is 86.2 Å². The molecule has 8 heteroatoms. The molecule has 0 radical (unpaired) electrons. The molecule has 4 aromatic rings. The molecule has 3 heterocycles. The van der Waals surface area contributed by atoms with Crippen LogP contribution < -0.4 is 10.2 Å². The van der Waals surface area contributed by atoms with E-state index in [-0.39, 0.29) is 12.1 Å². The molecule has 5 rings (SSSR count). The molecule has 1 N–H and O–H groups in total. The van der Waals surface area contributed by atoms with Gasteiger partial charge in [-0.1, -0.05) is 46.9 Å². The lowest BCUT2D eigenvalue weighted by molar-refractivity contribution is 0.565. The number of aromatic nitrogens is 2. The van der Waals surface area contributed by atoms with Crippen molar-refractivity contribution in [2.24, 2.45) is 0 Å². The molecule has 4 nitrogen and oxygen atoms in total. The van der Waals surface area contributed by atoms with Crippen molar-refractivity contribution in [1.82, 2.24) is 14.9 Å². The molecule has 1 aliphatic rings. The van der Waals surface area contributed by atoms with Crippen molar-refractivity contribution < 1.29 is 0 Å². The van der Waals surface area contributed by atoms with Gasteiger partial charge in [0.15, 0.2) is 5.11 Å². The van der Waals surface area contributed by atoms with Crippen molar-refractivity contribution in [2.45, 2.75) is 25.9 Å². The number of hydrogen-bond donors (Lipinski definition) is 1. The van der Waals surface area contributed by atoms with Crippen LogP contribution >= 0.6 is 47.0 Å². The van der Waals surface area contributed by atoms with Crippen LogP contribution in [0.5, 0.6) is 0 Å². The number of thiocarbonyl (C=S) groups is 1. The fourth-order valence-electron chi connectivity index (χ4n) is 4.67. The summed E-state index contributed by atoms with van der Waals surface area (Å²) in [4.78, 5) is 6.78. The number of anilines is 1. The number of nitrogens with one attached hydrogen (secondary N) is 1. The molecule has 0 aliphatic carbocycles. The van der Waals surface area contributed by atoms with Gasteiger partial charge in [-0.15, -0.1) is 0 Å². The first-order chi connectivity index (χ1) is 16.4. The van der Waals surface area contributed by atoms with Crippen LogP contribution in [-0.2, 0) is 0 Å². The molecule has 2 aromatic heterocycles. The van der Waals surface area contributed by atoms with Gasteiger partial charge in [0.25, 0.3) is 0 Å². The van der Waals surface area contributed by atoms with E-state index in [1.54, 1.807) is 12.3 Å². The van der Waals surface area contributed by atoms with E-state index in [0.29, 0.717) is 20.2 Å². The number of rotatable bonds is 4. The summed E-state index contributed by atoms with van der Waals surface area (Å²) >= 11 is 25.0. The number of halogens is 3. The summed E-state index contributed by atoms with van der Waals surface area (Å²) in [7, 11) is 0. The van der Waals surface area contributed by atoms with E-state index in [4.69, 9.17) is 47.0 Å². The van der Waals surface area contributed by atoms with Crippen molar-refractivity contribution in [3.8, 4) is 5.69 Å². The molecule has 2 atom stereocenters. The van der Waals surface area contributed by atoms with Crippen LogP contribution in [0.2, 0.25) is 15.1 Å². The molecule has 1 saturated heterocycles. The smallest absolute Gasteiger partial charge is 0.174 e. The predicted molar refractivity (Wildman–Crippen MR) is 145 cm³/mol. The molecule has 172 valence electrons. The third-order valence-corrected chi connectivity index (χ3v) is 7.54. The summed E-state index contributed by atoms with van der Waals surface area (Å²) in [6.07, 6.45) is 1.80. The summed E-state index contributed by atoms with van der Waals surface area (Å²) in [5.41, 5.74) is 5.93. The minimum absolute atomic E-state index is 0.138. The van der Waals surface area contributed by atoms with Crippen LogP contribution in [0, 0.1) is 13.8 Å². The summed E-state index contributed by atoms with van der Waals surface area (Å²) in [6, 6.07) is 21.2. The number of aryl methyl sites for hydroxylation is 1. The minimum Gasteiger partial charge on any atom is -0.351 e. The van der Waals surface area contributed by atoms with E-state index in [0.717, 1.165) is 34.0 Å². The van der Waals surface area contributed by atoms with Gasteiger partial charge in [-0.3, -0.25) is 4.98 Å². The van der Waals surface area contributed by atoms with Crippen LogP contribution in [0.25, 0.3) is 5.69 Å². The molecule has 1 aliphatic heterocycles. The minimum atomic E-state index is -0.145. The van der Waals surface area contributed by atoms with E-state index in [2.05, 4.69) is 39.7 Å². The molecular weight excluding hydrogens is 507 g/mol. The van der Waals surface area contributed by atoms with E-state index in [1.807, 2.05) is 54.6 Å². The Morgan fingerprint density at radius 3 is 2.41 bits per heavy atom. The first-order valence-corrected chi connectivity index (χ1v) is 12.3. The molecule has 2 aromatic carbocycles. The second-order valence-electron chi connectivity index (χ2n) is 8.21. The normalized spacial score (nSPS) is 17.8. The van der Waals surface area contributed by atoms with E-state index in [1.165, 1.54) is 0 Å². The molecule has 0 saturated carbocycles. The van der Waals surface area contributed by atoms with Gasteiger partial charge in [0.05, 0.1) is 33.5 Å². The highest BCUT2D eigenvalue weighted by molar-refractivity contribution is 7.80. The summed E-state index contributed by atoms with van der Waals surface area (Å²) in [5, 5.41) is 5.85. The third kappa shape index (κ3) is 3.97. The van der Waals surface area contributed by atoms with E-state index >= 15 is 0 Å². The predicted octanol–water partition coefficient (Wildman–Crippen LogP) is 7.63. The first kappa shape index (κ1) is 23.2. The highest BCUT2D eigenvalue weighted by Gasteiger charge is 2.42. The van der Waals surface area contributed by atoms with Gasteiger partial charge in [0.2, 0.25) is 0 Å². The first-order valence-electron chi connectivity index (χ1n) is 10.8. The Kier molecular flexibility index (Phi) is 6.30. The van der Waals surface area contributed by atoms with Crippen molar-refractivity contribution >= 4 is 57.8 Å². The van der Waals surface area contributed by atoms with Gasteiger partial charge in [0.1, 0.15) is 0 Å². The average molecular weight is 528 g/mol. The largest absolute Gasteiger partial charge is 0.351 e. The van der Waals surface area contributed by atoms with Crippen LogP contribution in [0.4, 0.5) is 5.69 Å². The molecule has 0 spiro atoms. The lowest BCUT2D eigenvalue weighted by Crippen LogP contribution is -2.29. The Morgan fingerprint density at radius 1 is 0.941 bits per heavy atom. The van der Waals surface area contributed by atoms with Gasteiger partial charge in [-0.2, -0.15) is 0 Å². The zero-order chi connectivity index (χ0) is 24.0. The fourth-order valence-corrected chi connectivity index (χ4v) is 5.53. The topological polar surface area (TPSA) is 33.1 Å². The van der Waals surface area contributed by atoms with Crippen molar-refractivity contribution in [3.05, 3.63) is 111 Å². The Morgan fingerprint density at radius 2 is 1.71 bits per heavy atom. The van der Waals surface area contributed by atoms with Gasteiger partial charge < -0.3 is 14.8 Å². The number of nitrogens with zero attached hydrogens (tertiary/aromatic N) is 3. The van der Waals surface area contributed by atoms with Crippen LogP contribution in [0.15, 0.2) is 72.9 Å². The fraction of sp³-hybridized carbons (Fsp3) is 0.154. The Balaban J connectivity index is 1.70. The maximum absolute atomic E-state index is 6.61. The Labute approximate surface area is 219 Å². The Bertz CT molecular complexity index is 1370. The van der Waals surface area contributed by atoms with Crippen molar-refractivity contribution in [2.75, 3.05) is 4.90 Å². The summed E-state index contributed by atoms with van der Waals surface area (Å²) in [5.74, 6) is 0. The quantitative estimate of drug-likeness (QED) is 0.277. The molecule has 34 heavy (non-hydrogen) atoms. The third-order valence-electron chi connectivity index (χ3n) is 6.16. The average Bonchev–Trinajstić information content (AvgIpc) is 3.32. The SMILES string of the molecule is Cc1cc([C@@H]2[C@@H](c3ccccn3)NC(=S)N2c2ccc(Cl)cc2)c(C)n1-c1cccc(Cl)c1Cl. The van der Waals surface area contributed by atoms with E-state index in [9.17, 15) is 0 Å². The van der Waals surface area contributed by atoms with E-state index < -0.39 is 0 Å². The maximum Gasteiger partial charge on any atom is 0.174 e. The van der Waals surface area contributed by atoms with Crippen molar-refractivity contribution in [3.63, 3.8) is 0 Å². The van der Waals surface area contributed by atoms with Crippen LogP contribution in [0.3, 0.4) is 0 Å². The maximum atomic E-state index is 6.61. The molecule has 0 amide bonds. The zero-order valence-electron chi connectivity index (χ0n) is 18.5. The second kappa shape index (κ2) is 9.23. The zero-order valence-corrected chi connectivity index (χ0v) is 21.6.